The molecule has 0 bridgehead atoms. The van der Waals surface area contributed by atoms with Gasteiger partial charge in [0.25, 0.3) is 0 Å². The molecule has 6 heteroatoms. The van der Waals surface area contributed by atoms with E-state index >= 15 is 0 Å². The molecule has 0 aromatic heterocycles. The van der Waals surface area contributed by atoms with Crippen LogP contribution in [-0.2, 0) is 0 Å². The van der Waals surface area contributed by atoms with Crippen molar-refractivity contribution in [3.05, 3.63) is 23.8 Å². The number of rotatable bonds is 1. The summed E-state index contributed by atoms with van der Waals surface area (Å²) in [5.74, 6) is -0.459. The van der Waals surface area contributed by atoms with Crippen molar-refractivity contribution in [3.8, 4) is 11.5 Å². The molecule has 1 heterocycles. The minimum atomic E-state index is -4.76. The molecule has 1 aliphatic heterocycles. The molecule has 0 aliphatic carbocycles. The van der Waals surface area contributed by atoms with Gasteiger partial charge in [-0.25, -0.2) is 0 Å². The third kappa shape index (κ3) is 1.99. The molecular formula is C9H7F3O3. The van der Waals surface area contributed by atoms with Crippen LogP contribution in [0.1, 0.15) is 11.7 Å². The molecule has 0 saturated carbocycles. The zero-order valence-electron chi connectivity index (χ0n) is 7.41. The van der Waals surface area contributed by atoms with Crippen LogP contribution in [0.25, 0.3) is 0 Å². The van der Waals surface area contributed by atoms with Crippen LogP contribution in [-0.4, -0.2) is 18.1 Å². The number of ether oxygens (including phenoxy) is 2. The minimum Gasteiger partial charge on any atom is -0.486 e. The molecule has 15 heavy (non-hydrogen) atoms. The normalized spacial score (nSPS) is 19.6. The van der Waals surface area contributed by atoms with Gasteiger partial charge in [0, 0.05) is 5.56 Å². The zero-order chi connectivity index (χ0) is 11.1. The molecule has 1 aromatic carbocycles. The van der Waals surface area contributed by atoms with Gasteiger partial charge in [-0.1, -0.05) is 12.1 Å². The van der Waals surface area contributed by atoms with Gasteiger partial charge in [0.05, 0.1) is 0 Å². The Kier molecular flexibility index (Phi) is 2.22. The Bertz CT molecular complexity index is 375. The molecule has 0 fully saturated rings. The van der Waals surface area contributed by atoms with Crippen molar-refractivity contribution < 1.29 is 27.8 Å². The Hall–Kier alpha value is -1.43. The number of aliphatic hydroxyl groups is 1. The monoisotopic (exact) mass is 220 g/mol. The van der Waals surface area contributed by atoms with Crippen molar-refractivity contribution >= 4 is 0 Å². The van der Waals surface area contributed by atoms with Gasteiger partial charge in [-0.15, -0.1) is 13.2 Å². The average Bonchev–Trinajstić information content (AvgIpc) is 2.47. The van der Waals surface area contributed by atoms with Crippen molar-refractivity contribution in [2.24, 2.45) is 0 Å². The average molecular weight is 220 g/mol. The lowest BCUT2D eigenvalue weighted by atomic mass is 10.1. The molecule has 82 valence electrons. The summed E-state index contributed by atoms with van der Waals surface area (Å²) in [7, 11) is 0. The molecular weight excluding hydrogens is 213 g/mol. The quantitative estimate of drug-likeness (QED) is 0.786. The topological polar surface area (TPSA) is 38.7 Å². The molecule has 1 aliphatic rings. The van der Waals surface area contributed by atoms with E-state index in [4.69, 9.17) is 4.74 Å². The molecule has 1 aromatic rings. The Labute approximate surface area is 83.0 Å². The Morgan fingerprint density at radius 3 is 2.80 bits per heavy atom. The number of para-hydroxylation sites is 1. The zero-order valence-corrected chi connectivity index (χ0v) is 7.41. The second-order valence-corrected chi connectivity index (χ2v) is 3.05. The molecule has 0 saturated heterocycles. The first-order chi connectivity index (χ1) is 6.97. The third-order valence-corrected chi connectivity index (χ3v) is 1.98. The van der Waals surface area contributed by atoms with Crippen LogP contribution in [0.4, 0.5) is 13.2 Å². The highest BCUT2D eigenvalue weighted by molar-refractivity contribution is 5.49. The smallest absolute Gasteiger partial charge is 0.486 e. The summed E-state index contributed by atoms with van der Waals surface area (Å²) in [4.78, 5) is 0. The third-order valence-electron chi connectivity index (χ3n) is 1.98. The van der Waals surface area contributed by atoms with E-state index in [0.29, 0.717) is 5.56 Å². The summed E-state index contributed by atoms with van der Waals surface area (Å²) < 4.78 is 44.6. The van der Waals surface area contributed by atoms with E-state index < -0.39 is 18.2 Å². The van der Waals surface area contributed by atoms with Gasteiger partial charge >= 0.3 is 6.36 Å². The van der Waals surface area contributed by atoms with Gasteiger partial charge in [0.2, 0.25) is 0 Å². The Balaban J connectivity index is 2.34. The van der Waals surface area contributed by atoms with E-state index in [1.54, 1.807) is 0 Å². The van der Waals surface area contributed by atoms with Gasteiger partial charge in [-0.2, -0.15) is 0 Å². The first-order valence-electron chi connectivity index (χ1n) is 4.17. The van der Waals surface area contributed by atoms with E-state index in [9.17, 15) is 18.3 Å². The summed E-state index contributed by atoms with van der Waals surface area (Å²) in [6.45, 7) is -0.0481. The van der Waals surface area contributed by atoms with E-state index in [0.717, 1.165) is 6.07 Å². The lowest BCUT2D eigenvalue weighted by molar-refractivity contribution is -0.275. The SMILES string of the molecule is O[C@@H]1COc2c(OC(F)(F)F)cccc21. The summed E-state index contributed by atoms with van der Waals surface area (Å²) >= 11 is 0. The fourth-order valence-electron chi connectivity index (χ4n) is 1.41. The predicted molar refractivity (Wildman–Crippen MR) is 43.6 cm³/mol. The van der Waals surface area contributed by atoms with Crippen molar-refractivity contribution in [2.45, 2.75) is 12.5 Å². The van der Waals surface area contributed by atoms with Gasteiger partial charge in [-0.05, 0) is 6.07 Å². The fraction of sp³-hybridized carbons (Fsp3) is 0.333. The summed E-state index contributed by atoms with van der Waals surface area (Å²) in [5.41, 5.74) is 0.316. The van der Waals surface area contributed by atoms with E-state index in [-0.39, 0.29) is 12.4 Å². The molecule has 0 amide bonds. The van der Waals surface area contributed by atoms with Crippen LogP contribution < -0.4 is 9.47 Å². The maximum Gasteiger partial charge on any atom is 0.573 e. The second kappa shape index (κ2) is 3.30. The van der Waals surface area contributed by atoms with Gasteiger partial charge < -0.3 is 14.6 Å². The first-order valence-corrected chi connectivity index (χ1v) is 4.17. The van der Waals surface area contributed by atoms with Crippen LogP contribution in [0.2, 0.25) is 0 Å². The minimum absolute atomic E-state index is 0.0395. The van der Waals surface area contributed by atoms with Crippen LogP contribution in [0.5, 0.6) is 11.5 Å². The van der Waals surface area contributed by atoms with E-state index in [1.807, 2.05) is 0 Å². The Morgan fingerprint density at radius 1 is 1.40 bits per heavy atom. The molecule has 1 N–H and O–H groups in total. The number of alkyl halides is 3. The number of aliphatic hydroxyl groups excluding tert-OH is 1. The maximum atomic E-state index is 12.0. The molecule has 3 nitrogen and oxygen atoms in total. The molecule has 0 radical (unpaired) electrons. The van der Waals surface area contributed by atoms with E-state index in [1.165, 1.54) is 12.1 Å². The highest BCUT2D eigenvalue weighted by Crippen LogP contribution is 2.41. The Morgan fingerprint density at radius 2 is 2.13 bits per heavy atom. The highest BCUT2D eigenvalue weighted by atomic mass is 19.4. The summed E-state index contributed by atoms with van der Waals surface area (Å²) in [6, 6.07) is 4.01. The van der Waals surface area contributed by atoms with Crippen LogP contribution >= 0.6 is 0 Å². The van der Waals surface area contributed by atoms with Gasteiger partial charge in [-0.3, -0.25) is 0 Å². The number of halogens is 3. The number of hydrogen-bond donors (Lipinski definition) is 1. The summed E-state index contributed by atoms with van der Waals surface area (Å²) in [6.07, 6.45) is -5.65. The largest absolute Gasteiger partial charge is 0.573 e. The lowest BCUT2D eigenvalue weighted by Crippen LogP contribution is -2.17. The first kappa shape index (κ1) is 10.1. The van der Waals surface area contributed by atoms with Crippen molar-refractivity contribution in [1.29, 1.82) is 0 Å². The number of hydrogen-bond acceptors (Lipinski definition) is 3. The summed E-state index contributed by atoms with van der Waals surface area (Å²) in [5, 5.41) is 9.34. The van der Waals surface area contributed by atoms with Crippen molar-refractivity contribution in [3.63, 3.8) is 0 Å². The fourth-order valence-corrected chi connectivity index (χ4v) is 1.41. The molecule has 0 spiro atoms. The number of benzene rings is 1. The van der Waals surface area contributed by atoms with Crippen LogP contribution in [0, 0.1) is 0 Å². The molecule has 0 unspecified atom stereocenters. The standard InChI is InChI=1S/C9H7F3O3/c10-9(11,12)15-7-3-1-2-5-6(13)4-14-8(5)7/h1-3,6,13H,4H2/t6-/m1/s1. The molecule has 1 atom stereocenters. The predicted octanol–water partition coefficient (Wildman–Crippen LogP) is 2.01. The van der Waals surface area contributed by atoms with Crippen molar-refractivity contribution in [2.75, 3.05) is 6.61 Å². The van der Waals surface area contributed by atoms with Gasteiger partial charge in [0.15, 0.2) is 11.5 Å². The van der Waals surface area contributed by atoms with Crippen LogP contribution in [0.3, 0.4) is 0 Å². The second-order valence-electron chi connectivity index (χ2n) is 3.05. The highest BCUT2D eigenvalue weighted by Gasteiger charge is 2.35. The van der Waals surface area contributed by atoms with Gasteiger partial charge in [0.1, 0.15) is 12.7 Å². The number of fused-ring (bicyclic) bond motifs is 1. The van der Waals surface area contributed by atoms with Crippen molar-refractivity contribution in [1.82, 2.24) is 0 Å². The lowest BCUT2D eigenvalue weighted by Gasteiger charge is -2.11. The maximum absolute atomic E-state index is 12.0. The van der Waals surface area contributed by atoms with Crippen LogP contribution in [0.15, 0.2) is 18.2 Å². The molecule has 2 rings (SSSR count). The van der Waals surface area contributed by atoms with E-state index in [2.05, 4.69) is 4.74 Å².